The molecule has 2 aromatic rings. The van der Waals surface area contributed by atoms with Gasteiger partial charge >= 0.3 is 0 Å². The van der Waals surface area contributed by atoms with Gasteiger partial charge in [0.2, 0.25) is 11.9 Å². The first kappa shape index (κ1) is 17.2. The van der Waals surface area contributed by atoms with E-state index < -0.39 is 0 Å². The Morgan fingerprint density at radius 2 is 2.00 bits per heavy atom. The highest BCUT2D eigenvalue weighted by atomic mass is 35.5. The number of carbonyl (C=O) groups is 1. The van der Waals surface area contributed by atoms with Crippen LogP contribution in [0.15, 0.2) is 24.3 Å². The van der Waals surface area contributed by atoms with Gasteiger partial charge in [0, 0.05) is 12.0 Å². The monoisotopic (exact) mass is 348 g/mol. The Kier molecular flexibility index (Phi) is 5.11. The number of aromatic nitrogens is 2. The Labute approximate surface area is 148 Å². The van der Waals surface area contributed by atoms with Gasteiger partial charge in [-0.1, -0.05) is 31.9 Å². The Bertz CT molecular complexity index is 719. The van der Waals surface area contributed by atoms with Gasteiger partial charge in [-0.2, -0.15) is 0 Å². The van der Waals surface area contributed by atoms with Gasteiger partial charge in [-0.15, -0.1) is 12.4 Å². The predicted octanol–water partition coefficient (Wildman–Crippen LogP) is 3.37. The van der Waals surface area contributed by atoms with Crippen molar-refractivity contribution in [3.8, 4) is 0 Å². The van der Waals surface area contributed by atoms with Crippen molar-refractivity contribution in [3.05, 3.63) is 24.3 Å². The molecule has 130 valence electrons. The van der Waals surface area contributed by atoms with Crippen LogP contribution < -0.4 is 10.6 Å². The van der Waals surface area contributed by atoms with E-state index in [1.165, 1.54) is 25.7 Å². The molecule has 2 heterocycles. The topological polar surface area (TPSA) is 59.0 Å². The molecular formula is C18H25ClN4O. The van der Waals surface area contributed by atoms with E-state index in [1.54, 1.807) is 0 Å². The summed E-state index contributed by atoms with van der Waals surface area (Å²) < 4.78 is 2.26. The lowest BCUT2D eigenvalue weighted by Gasteiger charge is -2.31. The number of anilines is 1. The zero-order valence-electron chi connectivity index (χ0n) is 14.0. The third-order valence-corrected chi connectivity index (χ3v) is 5.45. The molecule has 1 aromatic carbocycles. The molecule has 0 bridgehead atoms. The number of nitrogens with zero attached hydrogens (tertiary/aromatic N) is 2. The van der Waals surface area contributed by atoms with Gasteiger partial charge in [0.05, 0.1) is 11.0 Å². The Morgan fingerprint density at radius 3 is 2.67 bits per heavy atom. The number of benzene rings is 1. The molecule has 1 aromatic heterocycles. The van der Waals surface area contributed by atoms with Crippen molar-refractivity contribution in [1.82, 2.24) is 14.9 Å². The Balaban J connectivity index is 0.00000169. The van der Waals surface area contributed by atoms with Crippen LogP contribution in [-0.2, 0) is 4.79 Å². The molecule has 1 unspecified atom stereocenters. The van der Waals surface area contributed by atoms with Crippen LogP contribution in [0.4, 0.5) is 5.95 Å². The van der Waals surface area contributed by atoms with Gasteiger partial charge in [0.25, 0.3) is 0 Å². The summed E-state index contributed by atoms with van der Waals surface area (Å²) in [6.45, 7) is 3.89. The molecule has 4 rings (SSSR count). The van der Waals surface area contributed by atoms with Crippen LogP contribution in [0.25, 0.3) is 11.0 Å². The number of imidazole rings is 1. The lowest BCUT2D eigenvalue weighted by atomic mass is 9.88. The largest absolute Gasteiger partial charge is 0.316 e. The summed E-state index contributed by atoms with van der Waals surface area (Å²) in [5.74, 6) is 1.28. The summed E-state index contributed by atoms with van der Waals surface area (Å²) in [5.41, 5.74) is 2.10. The summed E-state index contributed by atoms with van der Waals surface area (Å²) in [5, 5.41) is 6.35. The first-order valence-electron chi connectivity index (χ1n) is 8.72. The fourth-order valence-electron chi connectivity index (χ4n) is 3.77. The number of halogens is 1. The molecule has 1 saturated heterocycles. The van der Waals surface area contributed by atoms with E-state index in [2.05, 4.69) is 21.3 Å². The normalized spacial score (nSPS) is 19.7. The van der Waals surface area contributed by atoms with Crippen LogP contribution in [0.1, 0.15) is 38.6 Å². The molecule has 1 aliphatic carbocycles. The molecular weight excluding hydrogens is 324 g/mol. The van der Waals surface area contributed by atoms with E-state index >= 15 is 0 Å². The van der Waals surface area contributed by atoms with E-state index in [0.29, 0.717) is 12.0 Å². The first-order valence-corrected chi connectivity index (χ1v) is 8.72. The SMILES string of the molecule is CC(C(=O)Nc1nc2ccccc2n1C1CCCC1)C1CNC1.Cl. The van der Waals surface area contributed by atoms with E-state index in [1.807, 2.05) is 25.1 Å². The number of amides is 1. The highest BCUT2D eigenvalue weighted by Gasteiger charge is 2.30. The van der Waals surface area contributed by atoms with Crippen LogP contribution >= 0.6 is 12.4 Å². The minimum atomic E-state index is 0. The van der Waals surface area contributed by atoms with Crippen molar-refractivity contribution in [1.29, 1.82) is 0 Å². The van der Waals surface area contributed by atoms with E-state index in [0.717, 1.165) is 30.1 Å². The van der Waals surface area contributed by atoms with Crippen LogP contribution in [0.3, 0.4) is 0 Å². The molecule has 5 nitrogen and oxygen atoms in total. The number of hydrogen-bond acceptors (Lipinski definition) is 3. The number of para-hydroxylation sites is 2. The summed E-state index contributed by atoms with van der Waals surface area (Å²) in [6, 6.07) is 8.64. The molecule has 0 radical (unpaired) electrons. The molecule has 1 saturated carbocycles. The Hall–Kier alpha value is -1.59. The maximum Gasteiger partial charge on any atom is 0.229 e. The number of rotatable bonds is 4. The van der Waals surface area contributed by atoms with Gasteiger partial charge in [0.15, 0.2) is 0 Å². The molecule has 2 aliphatic rings. The van der Waals surface area contributed by atoms with Gasteiger partial charge in [-0.05, 0) is 44.0 Å². The number of carbonyl (C=O) groups excluding carboxylic acids is 1. The third-order valence-electron chi connectivity index (χ3n) is 5.45. The van der Waals surface area contributed by atoms with Gasteiger partial charge in [-0.3, -0.25) is 10.1 Å². The van der Waals surface area contributed by atoms with Crippen LogP contribution in [0.5, 0.6) is 0 Å². The molecule has 2 N–H and O–H groups in total. The van der Waals surface area contributed by atoms with Crippen molar-refractivity contribution < 1.29 is 4.79 Å². The van der Waals surface area contributed by atoms with Crippen molar-refractivity contribution in [3.63, 3.8) is 0 Å². The number of hydrogen-bond donors (Lipinski definition) is 2. The maximum atomic E-state index is 12.6. The highest BCUT2D eigenvalue weighted by molar-refractivity contribution is 5.93. The summed E-state index contributed by atoms with van der Waals surface area (Å²) in [4.78, 5) is 17.3. The zero-order valence-corrected chi connectivity index (χ0v) is 14.8. The molecule has 1 amide bonds. The summed E-state index contributed by atoms with van der Waals surface area (Å²) >= 11 is 0. The average Bonchev–Trinajstić information content (AvgIpc) is 3.11. The first-order chi connectivity index (χ1) is 11.2. The van der Waals surface area contributed by atoms with Gasteiger partial charge in [0.1, 0.15) is 0 Å². The maximum absolute atomic E-state index is 12.6. The molecule has 2 fully saturated rings. The standard InChI is InChI=1S/C18H24N4O.ClH/c1-12(13-10-19-11-13)17(23)21-18-20-15-8-4-5-9-16(15)22(18)14-6-2-3-7-14;/h4-5,8-9,12-14,19H,2-3,6-7,10-11H2,1H3,(H,20,21,23);1H. The predicted molar refractivity (Wildman–Crippen MR) is 98.6 cm³/mol. The molecule has 6 heteroatoms. The second-order valence-corrected chi connectivity index (χ2v) is 6.93. The van der Waals surface area contributed by atoms with Crippen molar-refractivity contribution in [2.75, 3.05) is 18.4 Å². The van der Waals surface area contributed by atoms with Crippen molar-refractivity contribution in [2.45, 2.75) is 38.6 Å². The second-order valence-electron chi connectivity index (χ2n) is 6.93. The van der Waals surface area contributed by atoms with Crippen LogP contribution in [-0.4, -0.2) is 28.5 Å². The van der Waals surface area contributed by atoms with Gasteiger partial charge < -0.3 is 9.88 Å². The minimum absolute atomic E-state index is 0. The molecule has 0 spiro atoms. The van der Waals surface area contributed by atoms with Crippen LogP contribution in [0, 0.1) is 11.8 Å². The van der Waals surface area contributed by atoms with Crippen LogP contribution in [0.2, 0.25) is 0 Å². The lowest BCUT2D eigenvalue weighted by Crippen LogP contribution is -2.48. The Morgan fingerprint density at radius 1 is 1.29 bits per heavy atom. The molecule has 1 aliphatic heterocycles. The lowest BCUT2D eigenvalue weighted by molar-refractivity contribution is -0.121. The zero-order chi connectivity index (χ0) is 15.8. The quantitative estimate of drug-likeness (QED) is 0.890. The molecule has 1 atom stereocenters. The third kappa shape index (κ3) is 3.03. The van der Waals surface area contributed by atoms with Gasteiger partial charge in [-0.25, -0.2) is 4.98 Å². The highest BCUT2D eigenvalue weighted by Crippen LogP contribution is 2.35. The number of nitrogens with one attached hydrogen (secondary N) is 2. The van der Waals surface area contributed by atoms with E-state index in [-0.39, 0.29) is 24.2 Å². The second kappa shape index (κ2) is 7.11. The van der Waals surface area contributed by atoms with E-state index in [4.69, 9.17) is 4.98 Å². The average molecular weight is 349 g/mol. The molecule has 24 heavy (non-hydrogen) atoms. The van der Waals surface area contributed by atoms with E-state index in [9.17, 15) is 4.79 Å². The number of fused-ring (bicyclic) bond motifs is 1. The fraction of sp³-hybridized carbons (Fsp3) is 0.556. The summed E-state index contributed by atoms with van der Waals surface area (Å²) in [6.07, 6.45) is 4.86. The van der Waals surface area contributed by atoms with Crippen molar-refractivity contribution in [2.24, 2.45) is 11.8 Å². The minimum Gasteiger partial charge on any atom is -0.316 e. The van der Waals surface area contributed by atoms with Crippen molar-refractivity contribution >= 4 is 35.3 Å². The summed E-state index contributed by atoms with van der Waals surface area (Å²) in [7, 11) is 0. The smallest absolute Gasteiger partial charge is 0.229 e. The fourth-order valence-corrected chi connectivity index (χ4v) is 3.77.